The van der Waals surface area contributed by atoms with Gasteiger partial charge in [-0.25, -0.2) is 14.4 Å². The third-order valence-electron chi connectivity index (χ3n) is 4.38. The Labute approximate surface area is 168 Å². The second-order valence-corrected chi connectivity index (χ2v) is 6.06. The summed E-state index contributed by atoms with van der Waals surface area (Å²) in [6.45, 7) is 5.04. The minimum absolute atomic E-state index is 0.0429. The van der Waals surface area contributed by atoms with Gasteiger partial charge in [0.1, 0.15) is 0 Å². The first-order chi connectivity index (χ1) is 13.9. The van der Waals surface area contributed by atoms with Crippen molar-refractivity contribution < 1.29 is 33.4 Å². The summed E-state index contributed by atoms with van der Waals surface area (Å²) >= 11 is 0. The lowest BCUT2D eigenvalue weighted by Gasteiger charge is -2.30. The summed E-state index contributed by atoms with van der Waals surface area (Å²) in [4.78, 5) is 49.6. The van der Waals surface area contributed by atoms with E-state index < -0.39 is 23.8 Å². The van der Waals surface area contributed by atoms with Gasteiger partial charge in [-0.3, -0.25) is 4.79 Å². The fourth-order valence-electron chi connectivity index (χ4n) is 3.22. The highest BCUT2D eigenvalue weighted by Gasteiger charge is 2.40. The highest BCUT2D eigenvalue weighted by molar-refractivity contribution is 6.04. The Morgan fingerprint density at radius 1 is 1.00 bits per heavy atom. The van der Waals surface area contributed by atoms with E-state index >= 15 is 0 Å². The van der Waals surface area contributed by atoms with Gasteiger partial charge >= 0.3 is 17.9 Å². The monoisotopic (exact) mass is 401 g/mol. The van der Waals surface area contributed by atoms with E-state index in [0.29, 0.717) is 17.5 Å². The van der Waals surface area contributed by atoms with Crippen LogP contribution in [-0.2, 0) is 28.6 Å². The van der Waals surface area contributed by atoms with Crippen molar-refractivity contribution >= 4 is 24.2 Å². The maximum atomic E-state index is 12.8. The van der Waals surface area contributed by atoms with Gasteiger partial charge in [0.15, 0.2) is 6.29 Å². The van der Waals surface area contributed by atoms with Crippen LogP contribution < -0.4 is 5.32 Å². The average molecular weight is 401 g/mol. The molecule has 1 aromatic rings. The molecule has 0 saturated heterocycles. The Bertz CT molecular complexity index is 898. The predicted octanol–water partition coefficient (Wildman–Crippen LogP) is 2.01. The number of methoxy groups -OCH3 is 1. The molecule has 1 aliphatic rings. The lowest BCUT2D eigenvalue weighted by molar-refractivity contribution is -0.139. The number of allylic oxidation sites excluding steroid dienone is 2. The summed E-state index contributed by atoms with van der Waals surface area (Å²) in [5.41, 5.74) is 0.805. The van der Waals surface area contributed by atoms with Gasteiger partial charge in [0.2, 0.25) is 0 Å². The van der Waals surface area contributed by atoms with Crippen LogP contribution in [0.4, 0.5) is 0 Å². The van der Waals surface area contributed by atoms with Crippen LogP contribution in [-0.4, -0.2) is 44.5 Å². The fraction of sp³-hybridized carbons (Fsp3) is 0.333. The van der Waals surface area contributed by atoms with Gasteiger partial charge in [0.05, 0.1) is 48.6 Å². The molecular weight excluding hydrogens is 378 g/mol. The van der Waals surface area contributed by atoms with Gasteiger partial charge in [-0.1, -0.05) is 18.2 Å². The second kappa shape index (κ2) is 9.68. The quantitative estimate of drug-likeness (QED) is 0.420. The zero-order valence-corrected chi connectivity index (χ0v) is 16.7. The fourth-order valence-corrected chi connectivity index (χ4v) is 3.22. The lowest BCUT2D eigenvalue weighted by atomic mass is 9.78. The summed E-state index contributed by atoms with van der Waals surface area (Å²) < 4.78 is 15.1. The molecule has 0 radical (unpaired) electrons. The number of hydrogen-bond donors (Lipinski definition) is 1. The number of hydrogen-bond acceptors (Lipinski definition) is 8. The molecule has 0 aliphatic carbocycles. The van der Waals surface area contributed by atoms with Crippen LogP contribution in [0.2, 0.25) is 0 Å². The maximum absolute atomic E-state index is 12.8. The number of rotatable bonds is 7. The Morgan fingerprint density at radius 3 is 2.14 bits per heavy atom. The summed E-state index contributed by atoms with van der Waals surface area (Å²) in [6, 6.07) is 6.40. The maximum Gasteiger partial charge on any atom is 0.338 e. The van der Waals surface area contributed by atoms with Crippen LogP contribution in [0.1, 0.15) is 42.6 Å². The molecule has 1 aliphatic heterocycles. The van der Waals surface area contributed by atoms with E-state index in [1.165, 1.54) is 13.2 Å². The number of aldehydes is 1. The number of ether oxygens (including phenoxy) is 3. The van der Waals surface area contributed by atoms with Crippen molar-refractivity contribution in [3.05, 3.63) is 57.9 Å². The zero-order chi connectivity index (χ0) is 21.6. The van der Waals surface area contributed by atoms with Crippen molar-refractivity contribution in [3.8, 4) is 0 Å². The zero-order valence-electron chi connectivity index (χ0n) is 16.7. The number of nitrogens with one attached hydrogen (secondary N) is 1. The molecule has 8 heteroatoms. The third kappa shape index (κ3) is 4.37. The SMILES string of the molecule is CCOC(=O)C1=C(C)NC(C=O)=C(C(=O)OCC)C1c1ccccc1C(=O)OC. The van der Waals surface area contributed by atoms with Crippen LogP contribution in [0.25, 0.3) is 0 Å². The molecule has 154 valence electrons. The highest BCUT2D eigenvalue weighted by Crippen LogP contribution is 2.40. The van der Waals surface area contributed by atoms with E-state index in [1.54, 1.807) is 39.0 Å². The largest absolute Gasteiger partial charge is 0.465 e. The van der Waals surface area contributed by atoms with Gasteiger partial charge in [-0.05, 0) is 32.4 Å². The van der Waals surface area contributed by atoms with Crippen LogP contribution in [0.3, 0.4) is 0 Å². The number of dihydropyridines is 1. The van der Waals surface area contributed by atoms with Crippen molar-refractivity contribution in [2.75, 3.05) is 20.3 Å². The van der Waals surface area contributed by atoms with Gasteiger partial charge in [-0.15, -0.1) is 0 Å². The summed E-state index contributed by atoms with van der Waals surface area (Å²) in [5, 5.41) is 2.78. The molecule has 0 spiro atoms. The molecule has 0 saturated carbocycles. The number of carbonyl (C=O) groups excluding carboxylic acids is 4. The molecule has 2 rings (SSSR count). The second-order valence-electron chi connectivity index (χ2n) is 6.06. The van der Waals surface area contributed by atoms with Gasteiger partial charge in [0, 0.05) is 5.70 Å². The van der Waals surface area contributed by atoms with Gasteiger partial charge in [-0.2, -0.15) is 0 Å². The molecular formula is C21H23NO7. The molecule has 8 nitrogen and oxygen atoms in total. The van der Waals surface area contributed by atoms with E-state index in [1.807, 2.05) is 0 Å². The number of esters is 3. The Morgan fingerprint density at radius 2 is 1.59 bits per heavy atom. The van der Waals surface area contributed by atoms with E-state index in [0.717, 1.165) is 0 Å². The van der Waals surface area contributed by atoms with E-state index in [4.69, 9.17) is 14.2 Å². The summed E-state index contributed by atoms with van der Waals surface area (Å²) in [7, 11) is 1.23. The van der Waals surface area contributed by atoms with E-state index in [9.17, 15) is 19.2 Å². The van der Waals surface area contributed by atoms with E-state index in [-0.39, 0.29) is 35.6 Å². The van der Waals surface area contributed by atoms with Crippen LogP contribution in [0.5, 0.6) is 0 Å². The molecule has 1 atom stereocenters. The summed E-state index contributed by atoms with van der Waals surface area (Å²) in [5.74, 6) is -3.14. The molecule has 29 heavy (non-hydrogen) atoms. The van der Waals surface area contributed by atoms with Crippen molar-refractivity contribution in [3.63, 3.8) is 0 Å². The lowest BCUT2D eigenvalue weighted by Crippen LogP contribution is -2.34. The molecule has 0 fully saturated rings. The van der Waals surface area contributed by atoms with Crippen molar-refractivity contribution in [1.29, 1.82) is 0 Å². The normalized spacial score (nSPS) is 16.1. The van der Waals surface area contributed by atoms with Crippen molar-refractivity contribution in [1.82, 2.24) is 5.32 Å². The Balaban J connectivity index is 2.82. The Kier molecular flexibility index (Phi) is 7.30. The molecule has 0 bridgehead atoms. The molecule has 1 unspecified atom stereocenters. The number of carbonyl (C=O) groups is 4. The van der Waals surface area contributed by atoms with Crippen LogP contribution >= 0.6 is 0 Å². The smallest absolute Gasteiger partial charge is 0.338 e. The van der Waals surface area contributed by atoms with Crippen LogP contribution in [0, 0.1) is 0 Å². The first-order valence-electron chi connectivity index (χ1n) is 9.09. The minimum Gasteiger partial charge on any atom is -0.465 e. The summed E-state index contributed by atoms with van der Waals surface area (Å²) in [6.07, 6.45) is 0.478. The minimum atomic E-state index is -1.05. The highest BCUT2D eigenvalue weighted by atomic mass is 16.5. The first kappa shape index (κ1) is 21.9. The molecule has 1 heterocycles. The standard InChI is InChI=1S/C21H23NO7/c1-5-28-20(25)16-12(3)22-15(11-23)18(21(26)29-6-2)17(16)13-9-7-8-10-14(13)19(24)27-4/h7-11,17,22H,5-6H2,1-4H3. The molecule has 1 N–H and O–H groups in total. The molecule has 0 amide bonds. The molecule has 0 aromatic heterocycles. The van der Waals surface area contributed by atoms with Gasteiger partial charge < -0.3 is 19.5 Å². The topological polar surface area (TPSA) is 108 Å². The third-order valence-corrected chi connectivity index (χ3v) is 4.38. The van der Waals surface area contributed by atoms with E-state index in [2.05, 4.69) is 5.32 Å². The first-order valence-corrected chi connectivity index (χ1v) is 9.09. The van der Waals surface area contributed by atoms with Crippen molar-refractivity contribution in [2.45, 2.75) is 26.7 Å². The Hall–Kier alpha value is -3.42. The van der Waals surface area contributed by atoms with Crippen LogP contribution in [0.15, 0.2) is 46.8 Å². The van der Waals surface area contributed by atoms with Gasteiger partial charge in [0.25, 0.3) is 0 Å². The average Bonchev–Trinajstić information content (AvgIpc) is 2.72. The molecule has 1 aromatic carbocycles. The predicted molar refractivity (Wildman–Crippen MR) is 103 cm³/mol. The van der Waals surface area contributed by atoms with Crippen molar-refractivity contribution in [2.24, 2.45) is 0 Å². The number of benzene rings is 1.